The molecular formula is C21H17ClN2O3. The zero-order valence-electron chi connectivity index (χ0n) is 14.6. The number of nitrogens with zero attached hydrogens (tertiary/aromatic N) is 2. The number of non-ortho nitro benzene ring substituents is 1. The fourth-order valence-electron chi connectivity index (χ4n) is 2.41. The molecule has 6 heteroatoms. The molecule has 0 unspecified atom stereocenters. The number of benzene rings is 3. The summed E-state index contributed by atoms with van der Waals surface area (Å²) < 4.78 is 5.71. The van der Waals surface area contributed by atoms with E-state index in [4.69, 9.17) is 16.3 Å². The summed E-state index contributed by atoms with van der Waals surface area (Å²) in [7, 11) is 0. The van der Waals surface area contributed by atoms with Crippen molar-refractivity contribution in [2.45, 2.75) is 13.5 Å². The van der Waals surface area contributed by atoms with Crippen LogP contribution in [0.2, 0.25) is 5.02 Å². The highest BCUT2D eigenvalue weighted by Gasteiger charge is 2.04. The maximum absolute atomic E-state index is 10.7. The Morgan fingerprint density at radius 1 is 1.07 bits per heavy atom. The van der Waals surface area contributed by atoms with Crippen molar-refractivity contribution in [3.05, 3.63) is 98.6 Å². The Hall–Kier alpha value is -3.18. The lowest BCUT2D eigenvalue weighted by molar-refractivity contribution is -0.384. The average molecular weight is 381 g/mol. The molecule has 3 aromatic rings. The molecule has 0 spiro atoms. The molecule has 3 rings (SSSR count). The third-order valence-corrected chi connectivity index (χ3v) is 4.43. The van der Waals surface area contributed by atoms with E-state index < -0.39 is 4.92 Å². The lowest BCUT2D eigenvalue weighted by Gasteiger charge is -2.06. The monoisotopic (exact) mass is 380 g/mol. The fourth-order valence-corrected chi connectivity index (χ4v) is 2.58. The number of ether oxygens (including phenoxy) is 1. The molecule has 0 saturated heterocycles. The molecular weight excluding hydrogens is 364 g/mol. The van der Waals surface area contributed by atoms with Gasteiger partial charge in [-0.3, -0.25) is 15.1 Å². The lowest BCUT2D eigenvalue weighted by Crippen LogP contribution is -1.96. The van der Waals surface area contributed by atoms with Crippen LogP contribution >= 0.6 is 11.6 Å². The number of hydrogen-bond acceptors (Lipinski definition) is 4. The SMILES string of the molecule is Cc1c(Cl)cccc1N=Cc1ccc(OCc2ccc([N+](=O)[O-])cc2)cc1. The van der Waals surface area contributed by atoms with Gasteiger partial charge in [-0.2, -0.15) is 0 Å². The summed E-state index contributed by atoms with van der Waals surface area (Å²) in [5.74, 6) is 0.712. The molecule has 0 bridgehead atoms. The van der Waals surface area contributed by atoms with Crippen LogP contribution in [-0.2, 0) is 6.61 Å². The first-order valence-corrected chi connectivity index (χ1v) is 8.66. The van der Waals surface area contributed by atoms with Gasteiger partial charge in [0.2, 0.25) is 0 Å². The second-order valence-electron chi connectivity index (χ2n) is 5.92. The van der Waals surface area contributed by atoms with Crippen LogP contribution in [0, 0.1) is 17.0 Å². The van der Waals surface area contributed by atoms with Crippen molar-refractivity contribution in [1.82, 2.24) is 0 Å². The summed E-state index contributed by atoms with van der Waals surface area (Å²) in [4.78, 5) is 14.7. The van der Waals surface area contributed by atoms with Crippen molar-refractivity contribution in [2.24, 2.45) is 4.99 Å². The van der Waals surface area contributed by atoms with E-state index in [0.717, 1.165) is 22.4 Å². The Kier molecular flexibility index (Phi) is 5.84. The zero-order valence-corrected chi connectivity index (χ0v) is 15.4. The van der Waals surface area contributed by atoms with Crippen LogP contribution < -0.4 is 4.74 Å². The third-order valence-electron chi connectivity index (χ3n) is 4.02. The third kappa shape index (κ3) is 4.92. The molecule has 5 nitrogen and oxygen atoms in total. The molecule has 0 fully saturated rings. The Morgan fingerprint density at radius 3 is 2.44 bits per heavy atom. The molecule has 0 aliphatic carbocycles. The van der Waals surface area contributed by atoms with Crippen molar-refractivity contribution >= 4 is 29.2 Å². The van der Waals surface area contributed by atoms with Gasteiger partial charge in [-0.15, -0.1) is 0 Å². The second-order valence-corrected chi connectivity index (χ2v) is 6.33. The van der Waals surface area contributed by atoms with Gasteiger partial charge in [-0.1, -0.05) is 17.7 Å². The maximum Gasteiger partial charge on any atom is 0.269 e. The van der Waals surface area contributed by atoms with Gasteiger partial charge in [0.15, 0.2) is 0 Å². The average Bonchev–Trinajstić information content (AvgIpc) is 2.68. The molecule has 136 valence electrons. The first-order valence-electron chi connectivity index (χ1n) is 8.28. The fraction of sp³-hybridized carbons (Fsp3) is 0.0952. The van der Waals surface area contributed by atoms with Crippen molar-refractivity contribution in [1.29, 1.82) is 0 Å². The standard InChI is InChI=1S/C21H17ClN2O3/c1-15-20(22)3-2-4-21(15)23-13-16-7-11-19(12-8-16)27-14-17-5-9-18(10-6-17)24(25)26/h2-13H,14H2,1H3. The number of rotatable bonds is 6. The Bertz CT molecular complexity index is 968. The first kappa shape index (κ1) is 18.6. The van der Waals surface area contributed by atoms with Crippen LogP contribution in [0.25, 0.3) is 0 Å². The molecule has 0 amide bonds. The van der Waals surface area contributed by atoms with Crippen LogP contribution in [-0.4, -0.2) is 11.1 Å². The summed E-state index contributed by atoms with van der Waals surface area (Å²) in [6.45, 7) is 2.28. The van der Waals surface area contributed by atoms with E-state index in [1.165, 1.54) is 12.1 Å². The van der Waals surface area contributed by atoms with Gasteiger partial charge in [-0.05, 0) is 72.1 Å². The Morgan fingerprint density at radius 2 is 1.78 bits per heavy atom. The quantitative estimate of drug-likeness (QED) is 0.304. The summed E-state index contributed by atoms with van der Waals surface area (Å²) in [6.07, 6.45) is 1.78. The summed E-state index contributed by atoms with van der Waals surface area (Å²) in [5.41, 5.74) is 3.65. The van der Waals surface area contributed by atoms with Crippen LogP contribution in [0.1, 0.15) is 16.7 Å². The lowest BCUT2D eigenvalue weighted by atomic mass is 10.2. The molecule has 0 aromatic heterocycles. The van der Waals surface area contributed by atoms with Gasteiger partial charge < -0.3 is 4.74 Å². The number of nitro benzene ring substituents is 1. The highest BCUT2D eigenvalue weighted by atomic mass is 35.5. The zero-order chi connectivity index (χ0) is 19.2. The van der Waals surface area contributed by atoms with E-state index in [0.29, 0.717) is 17.4 Å². The molecule has 3 aromatic carbocycles. The molecule has 0 aliphatic heterocycles. The van der Waals surface area contributed by atoms with Crippen LogP contribution in [0.4, 0.5) is 11.4 Å². The van der Waals surface area contributed by atoms with Gasteiger partial charge in [0.1, 0.15) is 12.4 Å². The molecule has 0 atom stereocenters. The predicted molar refractivity (Wildman–Crippen MR) is 107 cm³/mol. The highest BCUT2D eigenvalue weighted by Crippen LogP contribution is 2.25. The largest absolute Gasteiger partial charge is 0.489 e. The predicted octanol–water partition coefficient (Wildman–Crippen LogP) is 5.89. The van der Waals surface area contributed by atoms with E-state index in [-0.39, 0.29) is 5.69 Å². The summed E-state index contributed by atoms with van der Waals surface area (Å²) in [5, 5.41) is 11.4. The Balaban J connectivity index is 1.61. The van der Waals surface area contributed by atoms with Crippen molar-refractivity contribution in [3.63, 3.8) is 0 Å². The van der Waals surface area contributed by atoms with E-state index in [1.807, 2.05) is 49.4 Å². The van der Waals surface area contributed by atoms with Gasteiger partial charge >= 0.3 is 0 Å². The molecule has 0 N–H and O–H groups in total. The number of halogens is 1. The molecule has 0 aliphatic rings. The highest BCUT2D eigenvalue weighted by molar-refractivity contribution is 6.31. The molecule has 0 heterocycles. The first-order chi connectivity index (χ1) is 13.0. The van der Waals surface area contributed by atoms with Gasteiger partial charge in [0, 0.05) is 23.4 Å². The van der Waals surface area contributed by atoms with E-state index in [9.17, 15) is 10.1 Å². The minimum Gasteiger partial charge on any atom is -0.489 e. The van der Waals surface area contributed by atoms with Gasteiger partial charge in [0.25, 0.3) is 5.69 Å². The van der Waals surface area contributed by atoms with Crippen molar-refractivity contribution < 1.29 is 9.66 Å². The van der Waals surface area contributed by atoms with E-state index >= 15 is 0 Å². The minimum absolute atomic E-state index is 0.0670. The number of aliphatic imine (C=N–C) groups is 1. The molecule has 0 saturated carbocycles. The Labute approximate surface area is 162 Å². The van der Waals surface area contributed by atoms with Gasteiger partial charge in [0.05, 0.1) is 10.6 Å². The van der Waals surface area contributed by atoms with Crippen molar-refractivity contribution in [2.75, 3.05) is 0 Å². The summed E-state index contributed by atoms with van der Waals surface area (Å²) in [6, 6.07) is 19.5. The normalized spacial score (nSPS) is 10.9. The minimum atomic E-state index is -0.421. The summed E-state index contributed by atoms with van der Waals surface area (Å²) >= 11 is 6.10. The van der Waals surface area contributed by atoms with Gasteiger partial charge in [-0.25, -0.2) is 0 Å². The number of nitro groups is 1. The molecule has 27 heavy (non-hydrogen) atoms. The second kappa shape index (κ2) is 8.47. The smallest absolute Gasteiger partial charge is 0.269 e. The van der Waals surface area contributed by atoms with E-state index in [1.54, 1.807) is 18.3 Å². The van der Waals surface area contributed by atoms with E-state index in [2.05, 4.69) is 4.99 Å². The maximum atomic E-state index is 10.7. The molecule has 0 radical (unpaired) electrons. The van der Waals surface area contributed by atoms with Crippen LogP contribution in [0.15, 0.2) is 71.7 Å². The van der Waals surface area contributed by atoms with Crippen LogP contribution in [0.3, 0.4) is 0 Å². The van der Waals surface area contributed by atoms with Crippen LogP contribution in [0.5, 0.6) is 5.75 Å². The number of hydrogen-bond donors (Lipinski definition) is 0. The van der Waals surface area contributed by atoms with Crippen molar-refractivity contribution in [3.8, 4) is 5.75 Å². The topological polar surface area (TPSA) is 64.7 Å².